The molecule has 0 saturated carbocycles. The predicted molar refractivity (Wildman–Crippen MR) is 84.6 cm³/mol. The van der Waals surface area contributed by atoms with Crippen LogP contribution in [-0.4, -0.2) is 37.0 Å². The Hall–Kier alpha value is -1.55. The molecule has 1 fully saturated rings. The van der Waals surface area contributed by atoms with Crippen LogP contribution in [0.4, 0.5) is 0 Å². The van der Waals surface area contributed by atoms with E-state index in [1.54, 1.807) is 7.11 Å². The monoisotopic (exact) mass is 290 g/mol. The third-order valence-corrected chi connectivity index (χ3v) is 4.59. The zero-order valence-electron chi connectivity index (χ0n) is 13.3. The second kappa shape index (κ2) is 6.94. The van der Waals surface area contributed by atoms with Gasteiger partial charge in [0, 0.05) is 24.7 Å². The number of aryl methyl sites for hydroxylation is 1. The summed E-state index contributed by atoms with van der Waals surface area (Å²) in [6.07, 6.45) is 3.25. The van der Waals surface area contributed by atoms with E-state index in [1.165, 1.54) is 0 Å². The Morgan fingerprint density at radius 1 is 1.48 bits per heavy atom. The highest BCUT2D eigenvalue weighted by atomic mass is 16.5. The topological polar surface area (TPSA) is 55.6 Å². The average Bonchev–Trinajstić information content (AvgIpc) is 2.54. The molecule has 116 valence electrons. The summed E-state index contributed by atoms with van der Waals surface area (Å²) in [5, 5.41) is 0. The predicted octanol–water partition coefficient (Wildman–Crippen LogP) is 2.59. The van der Waals surface area contributed by atoms with E-state index < -0.39 is 0 Å². The van der Waals surface area contributed by atoms with Gasteiger partial charge in [-0.3, -0.25) is 4.79 Å². The number of amides is 1. The van der Waals surface area contributed by atoms with Crippen molar-refractivity contribution in [1.82, 2.24) is 4.90 Å². The minimum Gasteiger partial charge on any atom is -0.496 e. The lowest BCUT2D eigenvalue weighted by atomic mass is 9.88. The van der Waals surface area contributed by atoms with Crippen molar-refractivity contribution in [2.24, 2.45) is 11.7 Å². The molecule has 2 rings (SSSR count). The fraction of sp³-hybridized carbons (Fsp3) is 0.588. The molecule has 0 spiro atoms. The Kier molecular flexibility index (Phi) is 5.23. The Labute approximate surface area is 127 Å². The number of benzene rings is 1. The Morgan fingerprint density at radius 3 is 2.86 bits per heavy atom. The molecule has 1 aliphatic rings. The maximum Gasteiger partial charge on any atom is 0.254 e. The number of rotatable bonds is 4. The number of ether oxygens (including phenoxy) is 1. The molecule has 2 unspecified atom stereocenters. The lowest BCUT2D eigenvalue weighted by Crippen LogP contribution is -2.49. The molecule has 0 aliphatic carbocycles. The Bertz CT molecular complexity index is 502. The number of hydrogen-bond donors (Lipinski definition) is 1. The van der Waals surface area contributed by atoms with E-state index >= 15 is 0 Å². The van der Waals surface area contributed by atoms with Crippen LogP contribution in [0.15, 0.2) is 18.2 Å². The lowest BCUT2D eigenvalue weighted by molar-refractivity contribution is 0.0558. The van der Waals surface area contributed by atoms with Gasteiger partial charge < -0.3 is 15.4 Å². The van der Waals surface area contributed by atoms with Crippen molar-refractivity contribution in [2.45, 2.75) is 39.2 Å². The van der Waals surface area contributed by atoms with E-state index in [2.05, 4.69) is 6.92 Å². The molecule has 0 bridgehead atoms. The average molecular weight is 290 g/mol. The van der Waals surface area contributed by atoms with Crippen molar-refractivity contribution in [2.75, 3.05) is 20.2 Å². The van der Waals surface area contributed by atoms with E-state index in [1.807, 2.05) is 30.0 Å². The molecule has 4 nitrogen and oxygen atoms in total. The molecular formula is C17H26N2O2. The lowest BCUT2D eigenvalue weighted by Gasteiger charge is -2.39. The number of piperidine rings is 1. The molecular weight excluding hydrogens is 264 g/mol. The molecule has 1 saturated heterocycles. The van der Waals surface area contributed by atoms with Gasteiger partial charge in [-0.2, -0.15) is 0 Å². The van der Waals surface area contributed by atoms with E-state index in [4.69, 9.17) is 10.5 Å². The van der Waals surface area contributed by atoms with Crippen molar-refractivity contribution in [3.8, 4) is 5.75 Å². The van der Waals surface area contributed by atoms with Crippen LogP contribution in [0.2, 0.25) is 0 Å². The van der Waals surface area contributed by atoms with Crippen LogP contribution in [0.5, 0.6) is 5.75 Å². The maximum absolute atomic E-state index is 12.8. The highest BCUT2D eigenvalue weighted by Crippen LogP contribution is 2.27. The third kappa shape index (κ3) is 3.38. The Balaban J connectivity index is 2.18. The van der Waals surface area contributed by atoms with Gasteiger partial charge in [0.1, 0.15) is 5.75 Å². The van der Waals surface area contributed by atoms with Gasteiger partial charge in [0.15, 0.2) is 0 Å². The molecule has 2 atom stereocenters. The van der Waals surface area contributed by atoms with Gasteiger partial charge in [0.25, 0.3) is 5.91 Å². The molecule has 1 aromatic rings. The van der Waals surface area contributed by atoms with Gasteiger partial charge in [-0.25, -0.2) is 0 Å². The van der Waals surface area contributed by atoms with Gasteiger partial charge >= 0.3 is 0 Å². The highest BCUT2D eigenvalue weighted by Gasteiger charge is 2.30. The van der Waals surface area contributed by atoms with Crippen LogP contribution in [0.25, 0.3) is 0 Å². The van der Waals surface area contributed by atoms with Crippen LogP contribution >= 0.6 is 0 Å². The first-order chi connectivity index (χ1) is 10.1. The van der Waals surface area contributed by atoms with Crippen molar-refractivity contribution >= 4 is 5.91 Å². The van der Waals surface area contributed by atoms with Crippen molar-refractivity contribution in [3.05, 3.63) is 29.3 Å². The van der Waals surface area contributed by atoms with Gasteiger partial charge in [-0.1, -0.05) is 19.4 Å². The molecule has 0 aromatic heterocycles. The van der Waals surface area contributed by atoms with E-state index in [0.717, 1.165) is 37.1 Å². The minimum atomic E-state index is 0.0679. The molecule has 0 radical (unpaired) electrons. The third-order valence-electron chi connectivity index (χ3n) is 4.59. The quantitative estimate of drug-likeness (QED) is 0.927. The van der Waals surface area contributed by atoms with Crippen LogP contribution in [0.1, 0.15) is 42.1 Å². The molecule has 1 aliphatic heterocycles. The van der Waals surface area contributed by atoms with Gasteiger partial charge in [0.05, 0.1) is 7.11 Å². The van der Waals surface area contributed by atoms with Crippen molar-refractivity contribution in [1.29, 1.82) is 0 Å². The summed E-state index contributed by atoms with van der Waals surface area (Å²) in [5.74, 6) is 1.52. The number of hydrogen-bond acceptors (Lipinski definition) is 3. The van der Waals surface area contributed by atoms with E-state index in [9.17, 15) is 4.79 Å². The first-order valence-electron chi connectivity index (χ1n) is 7.76. The fourth-order valence-corrected chi connectivity index (χ4v) is 3.11. The maximum atomic E-state index is 12.8. The number of carbonyl (C=O) groups excluding carboxylic acids is 1. The molecule has 1 amide bonds. The number of carbonyl (C=O) groups is 1. The zero-order valence-corrected chi connectivity index (χ0v) is 13.3. The second-order valence-corrected chi connectivity index (χ2v) is 5.87. The number of nitrogens with two attached hydrogens (primary N) is 1. The molecule has 2 N–H and O–H groups in total. The van der Waals surface area contributed by atoms with Crippen LogP contribution in [-0.2, 0) is 0 Å². The van der Waals surface area contributed by atoms with Crippen LogP contribution < -0.4 is 10.5 Å². The van der Waals surface area contributed by atoms with Crippen molar-refractivity contribution < 1.29 is 9.53 Å². The first kappa shape index (κ1) is 15.8. The summed E-state index contributed by atoms with van der Waals surface area (Å²) >= 11 is 0. The van der Waals surface area contributed by atoms with Crippen LogP contribution in [0.3, 0.4) is 0 Å². The first-order valence-corrected chi connectivity index (χ1v) is 7.76. The Morgan fingerprint density at radius 2 is 2.24 bits per heavy atom. The molecule has 1 aromatic carbocycles. The fourth-order valence-electron chi connectivity index (χ4n) is 3.11. The smallest absolute Gasteiger partial charge is 0.254 e. The normalized spacial score (nSPS) is 22.2. The largest absolute Gasteiger partial charge is 0.496 e. The number of likely N-dealkylation sites (tertiary alicyclic amines) is 1. The molecule has 1 heterocycles. The standard InChI is InChI=1S/C17H26N2O2/c1-4-13-7-8-19(15(9-13)11-18)17(20)14-6-5-12(2)16(10-14)21-3/h5-6,10,13,15H,4,7-9,11,18H2,1-3H3. The second-order valence-electron chi connectivity index (χ2n) is 5.87. The zero-order chi connectivity index (χ0) is 15.4. The van der Waals surface area contributed by atoms with E-state index in [0.29, 0.717) is 18.0 Å². The minimum absolute atomic E-state index is 0.0679. The van der Waals surface area contributed by atoms with E-state index in [-0.39, 0.29) is 11.9 Å². The summed E-state index contributed by atoms with van der Waals surface area (Å²) in [6.45, 7) is 5.52. The summed E-state index contributed by atoms with van der Waals surface area (Å²) in [6, 6.07) is 5.79. The van der Waals surface area contributed by atoms with Gasteiger partial charge in [-0.05, 0) is 43.4 Å². The number of methoxy groups -OCH3 is 1. The van der Waals surface area contributed by atoms with Crippen molar-refractivity contribution in [3.63, 3.8) is 0 Å². The van der Waals surface area contributed by atoms with Crippen LogP contribution in [0, 0.1) is 12.8 Å². The number of nitrogens with zero attached hydrogens (tertiary/aromatic N) is 1. The highest BCUT2D eigenvalue weighted by molar-refractivity contribution is 5.95. The van der Waals surface area contributed by atoms with Gasteiger partial charge in [0.2, 0.25) is 0 Å². The summed E-state index contributed by atoms with van der Waals surface area (Å²) < 4.78 is 5.32. The molecule has 21 heavy (non-hydrogen) atoms. The summed E-state index contributed by atoms with van der Waals surface area (Å²) in [7, 11) is 1.63. The summed E-state index contributed by atoms with van der Waals surface area (Å²) in [4.78, 5) is 14.7. The summed E-state index contributed by atoms with van der Waals surface area (Å²) in [5.41, 5.74) is 7.61. The van der Waals surface area contributed by atoms with Gasteiger partial charge in [-0.15, -0.1) is 0 Å². The molecule has 4 heteroatoms. The SMILES string of the molecule is CCC1CCN(C(=O)c2ccc(C)c(OC)c2)C(CN)C1.